The van der Waals surface area contributed by atoms with E-state index in [1.165, 1.54) is 0 Å². The molecule has 0 aromatic carbocycles. The molecule has 0 aromatic rings. The second kappa shape index (κ2) is 7.06. The topological polar surface area (TPSA) is 75.6 Å². The minimum Gasteiger partial charge on any atom is -0.481 e. The van der Waals surface area contributed by atoms with Gasteiger partial charge in [-0.3, -0.25) is 9.59 Å². The van der Waals surface area contributed by atoms with Crippen LogP contribution in [-0.2, 0) is 14.3 Å². The van der Waals surface area contributed by atoms with Gasteiger partial charge in [-0.1, -0.05) is 12.2 Å². The Morgan fingerprint density at radius 3 is 2.59 bits per heavy atom. The van der Waals surface area contributed by atoms with Gasteiger partial charge in [-0.05, 0) is 19.3 Å². The Morgan fingerprint density at radius 1 is 1.35 bits per heavy atom. The standard InChI is InChI=1S/C12H19NO4/c1-17-8-4-7-13-11(14)9-5-2-3-6-10(9)12(15)16/h2-3,9-10H,4-8H2,1H3,(H,13,14)(H,15,16)/t9-,10+/m1/s1. The van der Waals surface area contributed by atoms with Gasteiger partial charge in [0, 0.05) is 20.3 Å². The second-order valence-electron chi connectivity index (χ2n) is 4.13. The van der Waals surface area contributed by atoms with Crippen LogP contribution in [0, 0.1) is 11.8 Å². The van der Waals surface area contributed by atoms with Crippen LogP contribution in [0.3, 0.4) is 0 Å². The summed E-state index contributed by atoms with van der Waals surface area (Å²) in [6.45, 7) is 1.12. The van der Waals surface area contributed by atoms with E-state index >= 15 is 0 Å². The third-order valence-electron chi connectivity index (χ3n) is 2.91. The fourth-order valence-electron chi connectivity index (χ4n) is 1.94. The first kappa shape index (κ1) is 13.7. The van der Waals surface area contributed by atoms with Crippen LogP contribution in [0.5, 0.6) is 0 Å². The molecular weight excluding hydrogens is 222 g/mol. The van der Waals surface area contributed by atoms with E-state index in [-0.39, 0.29) is 5.91 Å². The smallest absolute Gasteiger partial charge is 0.307 e. The molecule has 2 N–H and O–H groups in total. The molecular formula is C12H19NO4. The Morgan fingerprint density at radius 2 is 2.00 bits per heavy atom. The van der Waals surface area contributed by atoms with Crippen molar-refractivity contribution < 1.29 is 19.4 Å². The van der Waals surface area contributed by atoms with Gasteiger partial charge >= 0.3 is 5.97 Å². The molecule has 0 saturated carbocycles. The molecule has 5 nitrogen and oxygen atoms in total. The van der Waals surface area contributed by atoms with Crippen LogP contribution in [0.4, 0.5) is 0 Å². The van der Waals surface area contributed by atoms with Crippen LogP contribution >= 0.6 is 0 Å². The molecule has 2 atom stereocenters. The first-order valence-electron chi connectivity index (χ1n) is 5.81. The number of carbonyl (C=O) groups excluding carboxylic acids is 1. The van der Waals surface area contributed by atoms with Crippen LogP contribution in [-0.4, -0.2) is 37.2 Å². The maximum absolute atomic E-state index is 11.8. The van der Waals surface area contributed by atoms with Crippen molar-refractivity contribution in [1.82, 2.24) is 5.32 Å². The summed E-state index contributed by atoms with van der Waals surface area (Å²) >= 11 is 0. The Balaban J connectivity index is 2.43. The summed E-state index contributed by atoms with van der Waals surface area (Å²) in [5.41, 5.74) is 0. The van der Waals surface area contributed by atoms with Gasteiger partial charge in [0.1, 0.15) is 0 Å². The maximum atomic E-state index is 11.8. The van der Waals surface area contributed by atoms with E-state index in [4.69, 9.17) is 9.84 Å². The van der Waals surface area contributed by atoms with Crippen molar-refractivity contribution in [1.29, 1.82) is 0 Å². The molecule has 0 aliphatic heterocycles. The number of aliphatic carboxylic acids is 1. The maximum Gasteiger partial charge on any atom is 0.307 e. The van der Waals surface area contributed by atoms with Gasteiger partial charge in [0.2, 0.25) is 5.91 Å². The van der Waals surface area contributed by atoms with Crippen molar-refractivity contribution in [3.05, 3.63) is 12.2 Å². The zero-order valence-electron chi connectivity index (χ0n) is 10.0. The number of nitrogens with one attached hydrogen (secondary N) is 1. The Hall–Kier alpha value is -1.36. The van der Waals surface area contributed by atoms with Crippen LogP contribution < -0.4 is 5.32 Å². The molecule has 5 heteroatoms. The highest BCUT2D eigenvalue weighted by molar-refractivity contribution is 5.85. The van der Waals surface area contributed by atoms with Crippen LogP contribution in [0.15, 0.2) is 12.2 Å². The molecule has 0 bridgehead atoms. The van der Waals surface area contributed by atoms with Crippen molar-refractivity contribution in [3.8, 4) is 0 Å². The largest absolute Gasteiger partial charge is 0.481 e. The first-order chi connectivity index (χ1) is 8.16. The third kappa shape index (κ3) is 4.19. The lowest BCUT2D eigenvalue weighted by atomic mass is 9.82. The van der Waals surface area contributed by atoms with Gasteiger partial charge in [-0.2, -0.15) is 0 Å². The molecule has 17 heavy (non-hydrogen) atoms. The number of methoxy groups -OCH3 is 1. The van der Waals surface area contributed by atoms with Crippen molar-refractivity contribution in [3.63, 3.8) is 0 Å². The van der Waals surface area contributed by atoms with Gasteiger partial charge in [-0.25, -0.2) is 0 Å². The number of amides is 1. The van der Waals surface area contributed by atoms with E-state index in [1.54, 1.807) is 7.11 Å². The fraction of sp³-hybridized carbons (Fsp3) is 0.667. The van der Waals surface area contributed by atoms with E-state index < -0.39 is 17.8 Å². The highest BCUT2D eigenvalue weighted by Gasteiger charge is 2.33. The second-order valence-corrected chi connectivity index (χ2v) is 4.13. The average Bonchev–Trinajstić information content (AvgIpc) is 2.34. The SMILES string of the molecule is COCCCNC(=O)[C@@H]1CC=CC[C@@H]1C(=O)O. The van der Waals surface area contributed by atoms with E-state index in [0.29, 0.717) is 26.0 Å². The first-order valence-corrected chi connectivity index (χ1v) is 5.81. The summed E-state index contributed by atoms with van der Waals surface area (Å²) in [6.07, 6.45) is 5.38. The molecule has 1 amide bonds. The normalized spacial score (nSPS) is 23.4. The number of rotatable bonds is 6. The van der Waals surface area contributed by atoms with E-state index in [0.717, 1.165) is 6.42 Å². The number of allylic oxidation sites excluding steroid dienone is 2. The van der Waals surface area contributed by atoms with E-state index in [9.17, 15) is 9.59 Å². The molecule has 0 fully saturated rings. The predicted molar refractivity (Wildman–Crippen MR) is 62.5 cm³/mol. The average molecular weight is 241 g/mol. The Labute approximate surface area is 101 Å². The summed E-state index contributed by atoms with van der Waals surface area (Å²) in [7, 11) is 1.61. The lowest BCUT2D eigenvalue weighted by molar-refractivity contribution is -0.147. The molecule has 1 rings (SSSR count). The summed E-state index contributed by atoms with van der Waals surface area (Å²) in [5, 5.41) is 11.8. The molecule has 1 aliphatic carbocycles. The lowest BCUT2D eigenvalue weighted by Gasteiger charge is -2.24. The Bertz CT molecular complexity index is 301. The zero-order chi connectivity index (χ0) is 12.7. The van der Waals surface area contributed by atoms with Crippen molar-refractivity contribution in [2.45, 2.75) is 19.3 Å². The molecule has 1 aliphatic rings. The third-order valence-corrected chi connectivity index (χ3v) is 2.91. The molecule has 0 spiro atoms. The fourth-order valence-corrected chi connectivity index (χ4v) is 1.94. The van der Waals surface area contributed by atoms with Crippen LogP contribution in [0.25, 0.3) is 0 Å². The number of carboxylic acids is 1. The highest BCUT2D eigenvalue weighted by Crippen LogP contribution is 2.25. The molecule has 0 saturated heterocycles. The molecule has 96 valence electrons. The lowest BCUT2D eigenvalue weighted by Crippen LogP contribution is -2.39. The number of ether oxygens (including phenoxy) is 1. The molecule has 0 radical (unpaired) electrons. The summed E-state index contributed by atoms with van der Waals surface area (Å²) < 4.78 is 4.87. The zero-order valence-corrected chi connectivity index (χ0v) is 10.0. The van der Waals surface area contributed by atoms with E-state index in [2.05, 4.69) is 5.32 Å². The van der Waals surface area contributed by atoms with Gasteiger partial charge in [0.05, 0.1) is 11.8 Å². The van der Waals surface area contributed by atoms with Gasteiger partial charge in [-0.15, -0.1) is 0 Å². The summed E-state index contributed by atoms with van der Waals surface area (Å²) in [5.74, 6) is -2.10. The number of hydrogen-bond acceptors (Lipinski definition) is 3. The van der Waals surface area contributed by atoms with Crippen molar-refractivity contribution in [2.75, 3.05) is 20.3 Å². The number of hydrogen-bond donors (Lipinski definition) is 2. The van der Waals surface area contributed by atoms with Crippen LogP contribution in [0.2, 0.25) is 0 Å². The van der Waals surface area contributed by atoms with Gasteiger partial charge in [0.15, 0.2) is 0 Å². The molecule has 0 unspecified atom stereocenters. The number of carboxylic acid groups (broad SMARTS) is 1. The summed E-state index contributed by atoms with van der Waals surface area (Å²) in [6, 6.07) is 0. The minimum absolute atomic E-state index is 0.169. The van der Waals surface area contributed by atoms with E-state index in [1.807, 2.05) is 12.2 Å². The van der Waals surface area contributed by atoms with Crippen molar-refractivity contribution >= 4 is 11.9 Å². The predicted octanol–water partition coefficient (Wildman–Crippen LogP) is 0.806. The van der Waals surface area contributed by atoms with Gasteiger partial charge < -0.3 is 15.2 Å². The van der Waals surface area contributed by atoms with Gasteiger partial charge in [0.25, 0.3) is 0 Å². The van der Waals surface area contributed by atoms with Crippen LogP contribution in [0.1, 0.15) is 19.3 Å². The monoisotopic (exact) mass is 241 g/mol. The summed E-state index contributed by atoms with van der Waals surface area (Å²) in [4.78, 5) is 22.8. The van der Waals surface area contributed by atoms with Crippen molar-refractivity contribution in [2.24, 2.45) is 11.8 Å². The Kier molecular flexibility index (Phi) is 5.69. The quantitative estimate of drug-likeness (QED) is 0.533. The molecule has 0 aromatic heterocycles. The highest BCUT2D eigenvalue weighted by atomic mass is 16.5. The minimum atomic E-state index is -0.897. The molecule has 0 heterocycles. The number of carbonyl (C=O) groups is 2.